The number of fused-ring (bicyclic) bond motifs is 12. The largest absolute Gasteiger partial charge is 0.455 e. The van der Waals surface area contributed by atoms with E-state index in [-0.39, 0.29) is 5.41 Å². The van der Waals surface area contributed by atoms with Gasteiger partial charge in [0.1, 0.15) is 11.2 Å². The van der Waals surface area contributed by atoms with Crippen LogP contribution in [-0.4, -0.2) is 4.57 Å². The summed E-state index contributed by atoms with van der Waals surface area (Å²) in [6, 6.07) is 84.5. The van der Waals surface area contributed by atoms with Gasteiger partial charge in [-0.15, -0.1) is 0 Å². The molecule has 1 aliphatic rings. The van der Waals surface area contributed by atoms with Gasteiger partial charge in [0.25, 0.3) is 0 Å². The van der Waals surface area contributed by atoms with Crippen molar-refractivity contribution < 1.29 is 4.42 Å². The van der Waals surface area contributed by atoms with Crippen LogP contribution in [0, 0.1) is 0 Å². The van der Waals surface area contributed by atoms with E-state index in [1.54, 1.807) is 0 Å². The van der Waals surface area contributed by atoms with Crippen molar-refractivity contribution in [3.8, 4) is 39.1 Å². The molecular weight excluding hydrogens is 825 g/mol. The molecule has 3 nitrogen and oxygen atoms in total. The van der Waals surface area contributed by atoms with Crippen LogP contribution < -0.4 is 4.90 Å². The maximum Gasteiger partial charge on any atom is 0.145 e. The van der Waals surface area contributed by atoms with Crippen LogP contribution in [-0.2, 0) is 5.41 Å². The molecule has 3 heteroatoms. The zero-order chi connectivity index (χ0) is 45.1. The van der Waals surface area contributed by atoms with Crippen molar-refractivity contribution in [1.29, 1.82) is 0 Å². The lowest BCUT2D eigenvalue weighted by Crippen LogP contribution is -2.14. The Hall–Kier alpha value is -8.66. The van der Waals surface area contributed by atoms with E-state index in [2.05, 4.69) is 254 Å². The summed E-state index contributed by atoms with van der Waals surface area (Å²) in [7, 11) is 0. The van der Waals surface area contributed by atoms with Gasteiger partial charge in [-0.25, -0.2) is 0 Å². The summed E-state index contributed by atoms with van der Waals surface area (Å²) in [4.78, 5) is 2.47. The van der Waals surface area contributed by atoms with Crippen molar-refractivity contribution in [2.75, 3.05) is 4.90 Å². The molecule has 0 saturated heterocycles. The summed E-state index contributed by atoms with van der Waals surface area (Å²) in [6.45, 7) is 4.71. The standard InChI is InChI=1S/C65H44N2O/c1-65(2)56-26-11-7-21-49(56)50-35-32-42(39-57(50)65)41-30-33-45(34-31-41)66(61-40-43-16-3-4-19-47(43)48-20-5-6-22-51(48)61)60-37-36-55-54-25-10-14-29-62(54)68-64(55)63(60)44-17-15-18-46(38-44)67-58-27-12-8-23-52(58)53-24-9-13-28-59(53)67/h3-40H,1-2H3. The molecule has 0 spiro atoms. The van der Waals surface area contributed by atoms with Crippen molar-refractivity contribution in [2.45, 2.75) is 19.3 Å². The molecule has 0 N–H and O–H groups in total. The second-order valence-corrected chi connectivity index (χ2v) is 18.8. The molecule has 320 valence electrons. The number of rotatable bonds is 6. The summed E-state index contributed by atoms with van der Waals surface area (Å²) in [5.41, 5.74) is 18.2. The van der Waals surface area contributed by atoms with Crippen LogP contribution in [0.1, 0.15) is 25.0 Å². The van der Waals surface area contributed by atoms with Gasteiger partial charge in [0, 0.05) is 49.3 Å². The first-order chi connectivity index (χ1) is 33.5. The average molecular weight is 869 g/mol. The Morgan fingerprint density at radius 2 is 1.03 bits per heavy atom. The summed E-state index contributed by atoms with van der Waals surface area (Å²) in [5, 5.41) is 9.46. The first kappa shape index (κ1) is 38.6. The number of hydrogen-bond acceptors (Lipinski definition) is 2. The molecule has 13 aromatic rings. The van der Waals surface area contributed by atoms with E-state index < -0.39 is 0 Å². The van der Waals surface area contributed by atoms with E-state index in [9.17, 15) is 0 Å². The molecule has 0 aliphatic heterocycles. The van der Waals surface area contributed by atoms with Gasteiger partial charge < -0.3 is 13.9 Å². The van der Waals surface area contributed by atoms with E-state index in [1.165, 1.54) is 76.7 Å². The lowest BCUT2D eigenvalue weighted by Gasteiger charge is -2.30. The lowest BCUT2D eigenvalue weighted by atomic mass is 9.81. The van der Waals surface area contributed by atoms with Crippen molar-refractivity contribution in [1.82, 2.24) is 4.57 Å². The maximum atomic E-state index is 7.05. The van der Waals surface area contributed by atoms with Gasteiger partial charge in [-0.05, 0) is 122 Å². The van der Waals surface area contributed by atoms with E-state index in [1.807, 2.05) is 0 Å². The molecule has 0 amide bonds. The Bertz CT molecular complexity index is 4130. The Morgan fingerprint density at radius 1 is 0.397 bits per heavy atom. The molecule has 0 radical (unpaired) electrons. The van der Waals surface area contributed by atoms with Crippen LogP contribution in [0.25, 0.3) is 104 Å². The smallest absolute Gasteiger partial charge is 0.145 e. The van der Waals surface area contributed by atoms with Gasteiger partial charge in [0.05, 0.1) is 22.4 Å². The predicted molar refractivity (Wildman–Crippen MR) is 286 cm³/mol. The molecule has 0 fully saturated rings. The number of hydrogen-bond donors (Lipinski definition) is 0. The van der Waals surface area contributed by atoms with Crippen molar-refractivity contribution in [3.63, 3.8) is 0 Å². The summed E-state index contributed by atoms with van der Waals surface area (Å²) >= 11 is 0. The second kappa shape index (κ2) is 14.7. The van der Waals surface area contributed by atoms with E-state index >= 15 is 0 Å². The minimum absolute atomic E-state index is 0.0830. The van der Waals surface area contributed by atoms with E-state index in [0.29, 0.717) is 0 Å². The number of benzene rings is 11. The minimum atomic E-state index is -0.0830. The van der Waals surface area contributed by atoms with E-state index in [0.717, 1.165) is 55.8 Å². The molecule has 68 heavy (non-hydrogen) atoms. The fourth-order valence-electron chi connectivity index (χ4n) is 11.6. The minimum Gasteiger partial charge on any atom is -0.455 e. The van der Waals surface area contributed by atoms with Crippen LogP contribution in [0.4, 0.5) is 17.1 Å². The SMILES string of the molecule is CC1(C)c2ccccc2-c2ccc(-c3ccc(N(c4ccc5c(oc6ccccc65)c4-c4cccc(-n5c6ccccc6c6ccccc65)c4)c4cc5ccccc5c5ccccc45)cc3)cc21. The Labute approximate surface area is 394 Å². The first-order valence-corrected chi connectivity index (χ1v) is 23.6. The maximum absolute atomic E-state index is 7.05. The second-order valence-electron chi connectivity index (χ2n) is 18.8. The molecule has 0 atom stereocenters. The molecule has 1 aliphatic carbocycles. The Morgan fingerprint density at radius 3 is 1.82 bits per heavy atom. The first-order valence-electron chi connectivity index (χ1n) is 23.6. The third-order valence-corrected chi connectivity index (χ3v) is 14.8. The average Bonchev–Trinajstić information content (AvgIpc) is 4.02. The Kier molecular flexibility index (Phi) is 8.33. The number of para-hydroxylation sites is 3. The zero-order valence-corrected chi connectivity index (χ0v) is 37.7. The van der Waals surface area contributed by atoms with Crippen molar-refractivity contribution >= 4 is 82.4 Å². The molecule has 11 aromatic carbocycles. The normalized spacial score (nSPS) is 13.0. The van der Waals surface area contributed by atoms with Gasteiger partial charge in [-0.1, -0.05) is 178 Å². The molecule has 0 unspecified atom stereocenters. The van der Waals surface area contributed by atoms with Crippen molar-refractivity contribution in [3.05, 3.63) is 242 Å². The zero-order valence-electron chi connectivity index (χ0n) is 37.7. The monoisotopic (exact) mass is 868 g/mol. The number of nitrogens with zero attached hydrogens (tertiary/aromatic N) is 2. The highest BCUT2D eigenvalue weighted by Gasteiger charge is 2.35. The molecule has 14 rings (SSSR count). The van der Waals surface area contributed by atoms with Crippen molar-refractivity contribution in [2.24, 2.45) is 0 Å². The van der Waals surface area contributed by atoms with E-state index in [4.69, 9.17) is 4.42 Å². The highest BCUT2D eigenvalue weighted by atomic mass is 16.3. The fourth-order valence-corrected chi connectivity index (χ4v) is 11.6. The quantitative estimate of drug-likeness (QED) is 0.155. The third kappa shape index (κ3) is 5.66. The van der Waals surface area contributed by atoms with Gasteiger partial charge in [-0.3, -0.25) is 0 Å². The summed E-state index contributed by atoms with van der Waals surface area (Å²) < 4.78 is 9.45. The number of aromatic nitrogens is 1. The number of anilines is 3. The highest BCUT2D eigenvalue weighted by molar-refractivity contribution is 6.18. The molecule has 0 bridgehead atoms. The lowest BCUT2D eigenvalue weighted by molar-refractivity contribution is 0.660. The molecule has 2 aromatic heterocycles. The van der Waals surface area contributed by atoms with Crippen LogP contribution in [0.15, 0.2) is 235 Å². The third-order valence-electron chi connectivity index (χ3n) is 14.8. The fraction of sp³-hybridized carbons (Fsp3) is 0.0462. The Balaban J connectivity index is 1.02. The predicted octanol–water partition coefficient (Wildman–Crippen LogP) is 18.1. The highest BCUT2D eigenvalue weighted by Crippen LogP contribution is 2.52. The molecule has 0 saturated carbocycles. The van der Waals surface area contributed by atoms with Gasteiger partial charge in [0.15, 0.2) is 0 Å². The van der Waals surface area contributed by atoms with Gasteiger partial charge >= 0.3 is 0 Å². The van der Waals surface area contributed by atoms with Crippen LogP contribution >= 0.6 is 0 Å². The molecule has 2 heterocycles. The summed E-state index contributed by atoms with van der Waals surface area (Å²) in [5.74, 6) is 0. The number of furan rings is 1. The van der Waals surface area contributed by atoms with Crippen LogP contribution in [0.5, 0.6) is 0 Å². The summed E-state index contributed by atoms with van der Waals surface area (Å²) in [6.07, 6.45) is 0. The van der Waals surface area contributed by atoms with Crippen LogP contribution in [0.3, 0.4) is 0 Å². The van der Waals surface area contributed by atoms with Gasteiger partial charge in [-0.2, -0.15) is 0 Å². The van der Waals surface area contributed by atoms with Gasteiger partial charge in [0.2, 0.25) is 0 Å². The molecular formula is C65H44N2O. The topological polar surface area (TPSA) is 21.3 Å². The van der Waals surface area contributed by atoms with Crippen LogP contribution in [0.2, 0.25) is 0 Å².